The lowest BCUT2D eigenvalue weighted by Gasteiger charge is -2.23. The smallest absolute Gasteiger partial charge is 0.258 e. The van der Waals surface area contributed by atoms with Gasteiger partial charge in [-0.3, -0.25) is 14.9 Å². The van der Waals surface area contributed by atoms with Gasteiger partial charge in [-0.05, 0) is 42.2 Å². The quantitative estimate of drug-likeness (QED) is 0.674. The van der Waals surface area contributed by atoms with E-state index in [1.165, 1.54) is 32.5 Å². The van der Waals surface area contributed by atoms with Gasteiger partial charge in [-0.1, -0.05) is 12.1 Å². The number of carbonyl (C=O) groups is 2. The summed E-state index contributed by atoms with van der Waals surface area (Å²) in [5.41, 5.74) is 2.18. The molecule has 158 valence electrons. The maximum Gasteiger partial charge on any atom is 0.258 e. The molecule has 0 bridgehead atoms. The number of aromatic nitrogens is 2. The standard InChI is InChI=1S/C23H20FN3O4/c1-30-17-7-15(8-18(11-17)31-2)22(29)27-23-25-12-19-20(26-23)9-14(10-21(19)28)13-3-5-16(24)6-4-13/h3-8,11-12,14H,9-10H2,1-2H3,(H,25,26,27,29)/t14-/m1/s1. The molecule has 1 aliphatic carbocycles. The first-order valence-corrected chi connectivity index (χ1v) is 9.66. The molecule has 8 heteroatoms. The van der Waals surface area contributed by atoms with E-state index in [2.05, 4.69) is 15.3 Å². The summed E-state index contributed by atoms with van der Waals surface area (Å²) >= 11 is 0. The molecule has 0 spiro atoms. The average Bonchev–Trinajstić information content (AvgIpc) is 2.78. The van der Waals surface area contributed by atoms with Crippen molar-refractivity contribution in [2.45, 2.75) is 18.8 Å². The van der Waals surface area contributed by atoms with Gasteiger partial charge in [0, 0.05) is 24.2 Å². The van der Waals surface area contributed by atoms with Crippen molar-refractivity contribution in [3.8, 4) is 11.5 Å². The Kier molecular flexibility index (Phi) is 5.62. The van der Waals surface area contributed by atoms with Crippen molar-refractivity contribution in [3.05, 3.63) is 76.9 Å². The molecule has 0 unspecified atom stereocenters. The molecule has 0 saturated heterocycles. The first-order chi connectivity index (χ1) is 15.0. The van der Waals surface area contributed by atoms with Gasteiger partial charge in [-0.25, -0.2) is 14.4 Å². The molecule has 1 N–H and O–H groups in total. The van der Waals surface area contributed by atoms with Crippen LogP contribution in [0, 0.1) is 5.82 Å². The van der Waals surface area contributed by atoms with Crippen LogP contribution in [0.3, 0.4) is 0 Å². The Balaban J connectivity index is 1.57. The molecule has 0 fully saturated rings. The SMILES string of the molecule is COc1cc(OC)cc(C(=O)Nc2ncc3c(n2)C[C@@H](c2ccc(F)cc2)CC3=O)c1. The van der Waals surface area contributed by atoms with Crippen LogP contribution in [0.2, 0.25) is 0 Å². The molecule has 0 aliphatic heterocycles. The lowest BCUT2D eigenvalue weighted by molar-refractivity contribution is 0.0962. The maximum absolute atomic E-state index is 13.2. The molecule has 1 atom stereocenters. The molecule has 3 aromatic rings. The zero-order valence-corrected chi connectivity index (χ0v) is 17.0. The highest BCUT2D eigenvalue weighted by Crippen LogP contribution is 2.32. The molecule has 0 radical (unpaired) electrons. The number of amides is 1. The lowest BCUT2D eigenvalue weighted by atomic mass is 9.82. The number of ketones is 1. The molecule has 7 nitrogen and oxygen atoms in total. The summed E-state index contributed by atoms with van der Waals surface area (Å²) in [6.07, 6.45) is 2.23. The summed E-state index contributed by atoms with van der Waals surface area (Å²) in [4.78, 5) is 33.8. The van der Waals surface area contributed by atoms with Crippen LogP contribution < -0.4 is 14.8 Å². The van der Waals surface area contributed by atoms with Gasteiger partial charge >= 0.3 is 0 Å². The number of methoxy groups -OCH3 is 2. The van der Waals surface area contributed by atoms with Crippen LogP contribution in [0.15, 0.2) is 48.7 Å². The Morgan fingerprint density at radius 3 is 2.39 bits per heavy atom. The number of Topliss-reactive ketones (excluding diaryl/α,β-unsaturated/α-hetero) is 1. The predicted molar refractivity (Wildman–Crippen MR) is 111 cm³/mol. The summed E-state index contributed by atoms with van der Waals surface area (Å²) in [7, 11) is 3.00. The Morgan fingerprint density at radius 1 is 1.06 bits per heavy atom. The first-order valence-electron chi connectivity index (χ1n) is 9.66. The second-order valence-corrected chi connectivity index (χ2v) is 7.19. The van der Waals surface area contributed by atoms with E-state index in [0.29, 0.717) is 41.2 Å². The number of carbonyl (C=O) groups excluding carboxylic acids is 2. The van der Waals surface area contributed by atoms with Crippen LogP contribution in [0.25, 0.3) is 0 Å². The molecular formula is C23H20FN3O4. The fourth-order valence-corrected chi connectivity index (χ4v) is 3.59. The van der Waals surface area contributed by atoms with Gasteiger partial charge in [-0.15, -0.1) is 0 Å². The number of fused-ring (bicyclic) bond motifs is 1. The van der Waals surface area contributed by atoms with Crippen molar-refractivity contribution < 1.29 is 23.5 Å². The number of rotatable bonds is 5. The molecule has 1 amide bonds. The fourth-order valence-electron chi connectivity index (χ4n) is 3.59. The Labute approximate surface area is 178 Å². The van der Waals surface area contributed by atoms with Crippen molar-refractivity contribution in [3.63, 3.8) is 0 Å². The average molecular weight is 421 g/mol. The third-order valence-electron chi connectivity index (χ3n) is 5.22. The zero-order valence-electron chi connectivity index (χ0n) is 17.0. The minimum absolute atomic E-state index is 0.0778. The normalized spacial score (nSPS) is 15.2. The van der Waals surface area contributed by atoms with E-state index in [4.69, 9.17) is 9.47 Å². The van der Waals surface area contributed by atoms with E-state index in [1.807, 2.05) is 0 Å². The van der Waals surface area contributed by atoms with Gasteiger partial charge in [0.1, 0.15) is 17.3 Å². The van der Waals surface area contributed by atoms with Gasteiger partial charge in [0.05, 0.1) is 25.5 Å². The van der Waals surface area contributed by atoms with Crippen LogP contribution >= 0.6 is 0 Å². The third kappa shape index (κ3) is 4.37. The first kappa shape index (κ1) is 20.5. The highest BCUT2D eigenvalue weighted by molar-refractivity contribution is 6.04. The zero-order chi connectivity index (χ0) is 22.0. The molecular weight excluding hydrogens is 401 g/mol. The molecule has 1 aliphatic rings. The summed E-state index contributed by atoms with van der Waals surface area (Å²) in [6.45, 7) is 0. The van der Waals surface area contributed by atoms with Crippen LogP contribution in [0.5, 0.6) is 11.5 Å². The number of halogens is 1. The highest BCUT2D eigenvalue weighted by Gasteiger charge is 2.28. The minimum atomic E-state index is -0.436. The van der Waals surface area contributed by atoms with Crippen LogP contribution in [-0.2, 0) is 6.42 Å². The Hall–Kier alpha value is -3.81. The van der Waals surface area contributed by atoms with Crippen LogP contribution in [0.1, 0.15) is 44.3 Å². The van der Waals surface area contributed by atoms with Gasteiger partial charge < -0.3 is 9.47 Å². The second-order valence-electron chi connectivity index (χ2n) is 7.19. The van der Waals surface area contributed by atoms with Crippen molar-refractivity contribution >= 4 is 17.6 Å². The van der Waals surface area contributed by atoms with E-state index < -0.39 is 5.91 Å². The number of nitrogens with one attached hydrogen (secondary N) is 1. The van der Waals surface area contributed by atoms with Gasteiger partial charge in [0.2, 0.25) is 5.95 Å². The van der Waals surface area contributed by atoms with Crippen LogP contribution in [0.4, 0.5) is 10.3 Å². The predicted octanol–water partition coefficient (Wildman–Crippen LogP) is 3.80. The topological polar surface area (TPSA) is 90.4 Å². The second kappa shape index (κ2) is 8.51. The van der Waals surface area contributed by atoms with Gasteiger partial charge in [0.15, 0.2) is 5.78 Å². The number of hydrogen-bond donors (Lipinski definition) is 1. The van der Waals surface area contributed by atoms with Gasteiger partial charge in [0.25, 0.3) is 5.91 Å². The summed E-state index contributed by atoms with van der Waals surface area (Å²) in [5.74, 6) is 0.0973. The molecule has 1 heterocycles. The maximum atomic E-state index is 13.2. The van der Waals surface area contributed by atoms with E-state index >= 15 is 0 Å². The lowest BCUT2D eigenvalue weighted by Crippen LogP contribution is -2.22. The number of benzene rings is 2. The largest absolute Gasteiger partial charge is 0.497 e. The summed E-state index contributed by atoms with van der Waals surface area (Å²) in [5, 5.41) is 2.65. The highest BCUT2D eigenvalue weighted by atomic mass is 19.1. The van der Waals surface area contributed by atoms with Crippen molar-refractivity contribution in [1.82, 2.24) is 9.97 Å². The van der Waals surface area contributed by atoms with E-state index in [0.717, 1.165) is 5.56 Å². The third-order valence-corrected chi connectivity index (χ3v) is 5.22. The molecule has 4 rings (SSSR count). The molecule has 31 heavy (non-hydrogen) atoms. The van der Waals surface area contributed by atoms with Gasteiger partial charge in [-0.2, -0.15) is 0 Å². The number of anilines is 1. The molecule has 2 aromatic carbocycles. The summed E-state index contributed by atoms with van der Waals surface area (Å²) < 4.78 is 23.6. The van der Waals surface area contributed by atoms with Crippen molar-refractivity contribution in [2.24, 2.45) is 0 Å². The van der Waals surface area contributed by atoms with Crippen molar-refractivity contribution in [1.29, 1.82) is 0 Å². The molecule has 1 aromatic heterocycles. The minimum Gasteiger partial charge on any atom is -0.497 e. The monoisotopic (exact) mass is 421 g/mol. The van der Waals surface area contributed by atoms with Crippen LogP contribution in [-0.4, -0.2) is 35.9 Å². The number of hydrogen-bond acceptors (Lipinski definition) is 6. The Bertz CT molecular complexity index is 1130. The number of ether oxygens (including phenoxy) is 2. The van der Waals surface area contributed by atoms with Crippen molar-refractivity contribution in [2.75, 3.05) is 19.5 Å². The van der Waals surface area contributed by atoms with E-state index in [9.17, 15) is 14.0 Å². The fraction of sp³-hybridized carbons (Fsp3) is 0.217. The molecule has 0 saturated carbocycles. The summed E-state index contributed by atoms with van der Waals surface area (Å²) in [6, 6.07) is 10.9. The number of nitrogens with zero attached hydrogens (tertiary/aromatic N) is 2. The van der Waals surface area contributed by atoms with E-state index in [1.54, 1.807) is 30.3 Å². The Morgan fingerprint density at radius 2 is 1.74 bits per heavy atom. The van der Waals surface area contributed by atoms with E-state index in [-0.39, 0.29) is 23.5 Å².